The highest BCUT2D eigenvalue weighted by atomic mass is 16.2. The van der Waals surface area contributed by atoms with Crippen LogP contribution in [0, 0.1) is 16.7 Å². The van der Waals surface area contributed by atoms with Gasteiger partial charge in [0.15, 0.2) is 0 Å². The van der Waals surface area contributed by atoms with Crippen LogP contribution in [0.25, 0.3) is 0 Å². The molecule has 2 amide bonds. The summed E-state index contributed by atoms with van der Waals surface area (Å²) in [5.74, 6) is -0.694. The highest BCUT2D eigenvalue weighted by Crippen LogP contribution is 2.34. The van der Waals surface area contributed by atoms with Gasteiger partial charge in [0.2, 0.25) is 11.8 Å². The van der Waals surface area contributed by atoms with Crippen LogP contribution in [0.15, 0.2) is 0 Å². The minimum atomic E-state index is -0.895. The molecule has 5 heteroatoms. The summed E-state index contributed by atoms with van der Waals surface area (Å²) >= 11 is 0. The summed E-state index contributed by atoms with van der Waals surface area (Å²) in [7, 11) is 0. The molecule has 5 nitrogen and oxygen atoms in total. The average Bonchev–Trinajstić information content (AvgIpc) is 2.54. The van der Waals surface area contributed by atoms with E-state index in [-0.39, 0.29) is 18.9 Å². The number of nitrogens with one attached hydrogen (secondary N) is 1. The fraction of sp³-hybridized carbons (Fsp3) is 0.750. The van der Waals surface area contributed by atoms with E-state index in [4.69, 9.17) is 5.73 Å². The first-order chi connectivity index (χ1) is 8.10. The number of hydrogen-bond donors (Lipinski definition) is 2. The van der Waals surface area contributed by atoms with Crippen LogP contribution in [0.1, 0.15) is 44.9 Å². The SMILES string of the molecule is N#CC1(C(=O)NCCC(N)=O)CCCCCC1. The largest absolute Gasteiger partial charge is 0.370 e. The van der Waals surface area contributed by atoms with Gasteiger partial charge in [-0.05, 0) is 12.8 Å². The quantitative estimate of drug-likeness (QED) is 0.709. The van der Waals surface area contributed by atoms with Crippen LogP contribution >= 0.6 is 0 Å². The second kappa shape index (κ2) is 6.24. The predicted octanol–water partition coefficient (Wildman–Crippen LogP) is 0.842. The summed E-state index contributed by atoms with van der Waals surface area (Å²) in [6.07, 6.45) is 5.34. The van der Waals surface area contributed by atoms with Crippen LogP contribution in [-0.4, -0.2) is 18.4 Å². The molecule has 1 aliphatic carbocycles. The van der Waals surface area contributed by atoms with E-state index < -0.39 is 11.3 Å². The van der Waals surface area contributed by atoms with Crippen LogP contribution in [0.4, 0.5) is 0 Å². The van der Waals surface area contributed by atoms with Crippen LogP contribution in [0.2, 0.25) is 0 Å². The number of primary amides is 1. The van der Waals surface area contributed by atoms with Gasteiger partial charge in [-0.2, -0.15) is 5.26 Å². The summed E-state index contributed by atoms with van der Waals surface area (Å²) in [6, 6.07) is 2.17. The lowest BCUT2D eigenvalue weighted by Gasteiger charge is -2.23. The number of carbonyl (C=O) groups is 2. The average molecular weight is 237 g/mol. The van der Waals surface area contributed by atoms with Gasteiger partial charge in [-0.25, -0.2) is 0 Å². The van der Waals surface area contributed by atoms with Gasteiger partial charge < -0.3 is 11.1 Å². The molecule has 0 aromatic carbocycles. The second-order valence-electron chi connectivity index (χ2n) is 4.58. The zero-order valence-electron chi connectivity index (χ0n) is 10.00. The molecule has 0 radical (unpaired) electrons. The zero-order valence-corrected chi connectivity index (χ0v) is 10.00. The van der Waals surface area contributed by atoms with Gasteiger partial charge in [-0.3, -0.25) is 9.59 Å². The minimum absolute atomic E-state index is 0.118. The van der Waals surface area contributed by atoms with E-state index in [9.17, 15) is 14.9 Å². The van der Waals surface area contributed by atoms with Crippen molar-refractivity contribution in [3.05, 3.63) is 0 Å². The van der Waals surface area contributed by atoms with Crippen molar-refractivity contribution in [3.8, 4) is 6.07 Å². The van der Waals surface area contributed by atoms with E-state index in [2.05, 4.69) is 11.4 Å². The van der Waals surface area contributed by atoms with Crippen molar-refractivity contribution in [3.63, 3.8) is 0 Å². The van der Waals surface area contributed by atoms with Crippen molar-refractivity contribution in [2.75, 3.05) is 6.54 Å². The van der Waals surface area contributed by atoms with E-state index >= 15 is 0 Å². The Morgan fingerprint density at radius 1 is 1.24 bits per heavy atom. The Hall–Kier alpha value is -1.57. The van der Waals surface area contributed by atoms with Gasteiger partial charge in [0.1, 0.15) is 5.41 Å². The van der Waals surface area contributed by atoms with E-state index in [1.807, 2.05) is 0 Å². The minimum Gasteiger partial charge on any atom is -0.370 e. The molecular weight excluding hydrogens is 218 g/mol. The Bertz CT molecular complexity index is 325. The van der Waals surface area contributed by atoms with Crippen molar-refractivity contribution in [2.45, 2.75) is 44.9 Å². The highest BCUT2D eigenvalue weighted by Gasteiger charge is 2.38. The molecule has 0 unspecified atom stereocenters. The van der Waals surface area contributed by atoms with Crippen molar-refractivity contribution < 1.29 is 9.59 Å². The van der Waals surface area contributed by atoms with Crippen molar-refractivity contribution in [1.29, 1.82) is 5.26 Å². The van der Waals surface area contributed by atoms with Gasteiger partial charge in [0.05, 0.1) is 6.07 Å². The lowest BCUT2D eigenvalue weighted by Crippen LogP contribution is -2.41. The molecule has 0 atom stereocenters. The molecule has 1 rings (SSSR count). The number of amides is 2. The molecule has 17 heavy (non-hydrogen) atoms. The Balaban J connectivity index is 2.56. The van der Waals surface area contributed by atoms with Crippen molar-refractivity contribution in [2.24, 2.45) is 11.1 Å². The molecular formula is C12H19N3O2. The lowest BCUT2D eigenvalue weighted by atomic mass is 9.81. The molecule has 0 aromatic rings. The van der Waals surface area contributed by atoms with Crippen LogP contribution in [-0.2, 0) is 9.59 Å². The lowest BCUT2D eigenvalue weighted by molar-refractivity contribution is -0.128. The predicted molar refractivity (Wildman–Crippen MR) is 62.6 cm³/mol. The van der Waals surface area contributed by atoms with Gasteiger partial charge in [-0.15, -0.1) is 0 Å². The van der Waals surface area contributed by atoms with Gasteiger partial charge in [0.25, 0.3) is 0 Å². The summed E-state index contributed by atoms with van der Waals surface area (Å²) in [4.78, 5) is 22.6. The third-order valence-electron chi connectivity index (χ3n) is 3.26. The third kappa shape index (κ3) is 3.74. The maximum absolute atomic E-state index is 12.0. The highest BCUT2D eigenvalue weighted by molar-refractivity contribution is 5.85. The third-order valence-corrected chi connectivity index (χ3v) is 3.26. The first kappa shape index (κ1) is 13.5. The van der Waals surface area contributed by atoms with Crippen LogP contribution in [0.3, 0.4) is 0 Å². The number of nitrogens with zero attached hydrogens (tertiary/aromatic N) is 1. The summed E-state index contributed by atoms with van der Waals surface area (Å²) in [6.45, 7) is 0.220. The number of hydrogen-bond acceptors (Lipinski definition) is 3. The number of nitrogens with two attached hydrogens (primary N) is 1. The van der Waals surface area contributed by atoms with Gasteiger partial charge in [-0.1, -0.05) is 25.7 Å². The molecule has 1 saturated carbocycles. The smallest absolute Gasteiger partial charge is 0.240 e. The van der Waals surface area contributed by atoms with Crippen LogP contribution < -0.4 is 11.1 Å². The Labute approximate surface area is 101 Å². The van der Waals surface area contributed by atoms with Gasteiger partial charge in [0, 0.05) is 13.0 Å². The molecule has 0 aromatic heterocycles. The normalized spacial score (nSPS) is 18.8. The fourth-order valence-electron chi connectivity index (χ4n) is 2.19. The number of rotatable bonds is 4. The first-order valence-electron chi connectivity index (χ1n) is 6.08. The Morgan fingerprint density at radius 3 is 2.29 bits per heavy atom. The maximum Gasteiger partial charge on any atom is 0.240 e. The molecule has 1 aliphatic rings. The Morgan fingerprint density at radius 2 is 1.82 bits per heavy atom. The molecule has 0 saturated heterocycles. The topological polar surface area (TPSA) is 96.0 Å². The second-order valence-corrected chi connectivity index (χ2v) is 4.58. The van der Waals surface area contributed by atoms with Gasteiger partial charge >= 0.3 is 0 Å². The van der Waals surface area contributed by atoms with E-state index in [0.717, 1.165) is 25.7 Å². The van der Waals surface area contributed by atoms with Crippen molar-refractivity contribution in [1.82, 2.24) is 5.32 Å². The maximum atomic E-state index is 12.0. The first-order valence-corrected chi connectivity index (χ1v) is 6.08. The molecule has 0 heterocycles. The standard InChI is InChI=1S/C12H19N3O2/c13-9-12(6-3-1-2-4-7-12)11(17)15-8-5-10(14)16/h1-8H2,(H2,14,16)(H,15,17). The van der Waals surface area contributed by atoms with E-state index in [1.165, 1.54) is 0 Å². The summed E-state index contributed by atoms with van der Waals surface area (Å²) in [5, 5.41) is 11.9. The van der Waals surface area contributed by atoms with E-state index in [1.54, 1.807) is 0 Å². The molecule has 3 N–H and O–H groups in total. The fourth-order valence-corrected chi connectivity index (χ4v) is 2.19. The van der Waals surface area contributed by atoms with Crippen molar-refractivity contribution >= 4 is 11.8 Å². The monoisotopic (exact) mass is 237 g/mol. The molecule has 0 spiro atoms. The molecule has 0 bridgehead atoms. The number of nitriles is 1. The number of carbonyl (C=O) groups excluding carboxylic acids is 2. The summed E-state index contributed by atoms with van der Waals surface area (Å²) in [5.41, 5.74) is 4.10. The molecule has 0 aliphatic heterocycles. The summed E-state index contributed by atoms with van der Waals surface area (Å²) < 4.78 is 0. The molecule has 94 valence electrons. The Kier molecular flexibility index (Phi) is 4.95. The zero-order chi connectivity index (χ0) is 12.7. The van der Waals surface area contributed by atoms with E-state index in [0.29, 0.717) is 12.8 Å². The molecule has 1 fully saturated rings. The van der Waals surface area contributed by atoms with Crippen LogP contribution in [0.5, 0.6) is 0 Å².